The number of hydrogen-bond donors (Lipinski definition) is 0. The molecule has 0 spiro atoms. The molecule has 1 aromatic heterocycles. The minimum atomic E-state index is -0.478. The maximum Gasteiger partial charge on any atom is 0.166 e. The van der Waals surface area contributed by atoms with Gasteiger partial charge < -0.3 is 4.57 Å². The van der Waals surface area contributed by atoms with E-state index < -0.39 is 6.80 Å². The fourth-order valence-electron chi connectivity index (χ4n) is 2.13. The van der Waals surface area contributed by atoms with Crippen LogP contribution < -0.4 is 0 Å². The molecule has 0 atom stereocenters. The lowest BCUT2D eigenvalue weighted by Crippen LogP contribution is -1.90. The summed E-state index contributed by atoms with van der Waals surface area (Å²) in [5.41, 5.74) is 1.92. The van der Waals surface area contributed by atoms with Gasteiger partial charge in [-0.05, 0) is 12.1 Å². The Morgan fingerprint density at radius 2 is 1.27 bits per heavy atom. The fraction of sp³-hybridized carbons (Fsp3) is 0.0769. The van der Waals surface area contributed by atoms with Crippen molar-refractivity contribution in [2.24, 2.45) is 0 Å². The van der Waals surface area contributed by atoms with Gasteiger partial charge in [0, 0.05) is 10.8 Å². The van der Waals surface area contributed by atoms with Gasteiger partial charge in [0.1, 0.15) is 0 Å². The highest BCUT2D eigenvalue weighted by molar-refractivity contribution is 6.07. The van der Waals surface area contributed by atoms with Gasteiger partial charge in [-0.1, -0.05) is 36.4 Å². The topological polar surface area (TPSA) is 4.93 Å². The predicted molar refractivity (Wildman–Crippen MR) is 60.6 cm³/mol. The molecule has 2 aromatic carbocycles. The van der Waals surface area contributed by atoms with Crippen molar-refractivity contribution in [2.45, 2.75) is 6.80 Å². The number of aromatic nitrogens is 1. The summed E-state index contributed by atoms with van der Waals surface area (Å²) >= 11 is 0. The Bertz CT molecular complexity index is 571. The average Bonchev–Trinajstić information content (AvgIpc) is 2.63. The van der Waals surface area contributed by atoms with Gasteiger partial charge in [0.25, 0.3) is 0 Å². The molecule has 2 heteroatoms. The van der Waals surface area contributed by atoms with E-state index in [0.29, 0.717) is 0 Å². The highest BCUT2D eigenvalue weighted by Gasteiger charge is 2.07. The van der Waals surface area contributed by atoms with Crippen LogP contribution in [0.25, 0.3) is 21.8 Å². The van der Waals surface area contributed by atoms with Crippen LogP contribution >= 0.6 is 0 Å². The molecule has 0 saturated carbocycles. The number of fused-ring (bicyclic) bond motifs is 3. The molecule has 0 saturated heterocycles. The summed E-state index contributed by atoms with van der Waals surface area (Å²) in [5, 5.41) is 2.23. The third-order valence-electron chi connectivity index (χ3n) is 2.80. The van der Waals surface area contributed by atoms with Gasteiger partial charge in [0.15, 0.2) is 6.80 Å². The summed E-state index contributed by atoms with van der Waals surface area (Å²) in [4.78, 5) is 0. The van der Waals surface area contributed by atoms with E-state index in [1.807, 2.05) is 48.5 Å². The van der Waals surface area contributed by atoms with Gasteiger partial charge in [0.05, 0.1) is 11.0 Å². The molecule has 0 unspecified atom stereocenters. The molecule has 15 heavy (non-hydrogen) atoms. The maximum absolute atomic E-state index is 13.0. The number of para-hydroxylation sites is 2. The fourth-order valence-corrected chi connectivity index (χ4v) is 2.13. The number of alkyl halides is 1. The first-order valence-electron chi connectivity index (χ1n) is 4.94. The predicted octanol–water partition coefficient (Wildman–Crippen LogP) is 3.72. The highest BCUT2D eigenvalue weighted by atomic mass is 19.1. The molecule has 3 aromatic rings. The molecule has 3 rings (SSSR count). The van der Waals surface area contributed by atoms with Crippen LogP contribution in [0.5, 0.6) is 0 Å². The monoisotopic (exact) mass is 199 g/mol. The standard InChI is InChI=1S/C13H10FN/c14-9-15-12-7-3-1-5-10(12)11-6-2-4-8-13(11)15/h1-8H,9H2. The Morgan fingerprint density at radius 1 is 0.800 bits per heavy atom. The number of rotatable bonds is 1. The van der Waals surface area contributed by atoms with Gasteiger partial charge in [-0.3, -0.25) is 0 Å². The lowest BCUT2D eigenvalue weighted by Gasteiger charge is -1.99. The van der Waals surface area contributed by atoms with Crippen molar-refractivity contribution in [3.05, 3.63) is 48.5 Å². The van der Waals surface area contributed by atoms with Gasteiger partial charge >= 0.3 is 0 Å². The molecule has 0 bridgehead atoms. The van der Waals surface area contributed by atoms with E-state index in [-0.39, 0.29) is 0 Å². The first-order chi connectivity index (χ1) is 7.42. The molecular weight excluding hydrogens is 189 g/mol. The summed E-state index contributed by atoms with van der Waals surface area (Å²) in [7, 11) is 0. The molecule has 0 aliphatic carbocycles. The number of halogens is 1. The third-order valence-corrected chi connectivity index (χ3v) is 2.80. The Balaban J connectivity index is 2.62. The number of benzene rings is 2. The molecule has 1 nitrogen and oxygen atoms in total. The van der Waals surface area contributed by atoms with Crippen LogP contribution in [0, 0.1) is 0 Å². The van der Waals surface area contributed by atoms with E-state index in [9.17, 15) is 4.39 Å². The zero-order chi connectivity index (χ0) is 10.3. The second kappa shape index (κ2) is 3.09. The third kappa shape index (κ3) is 1.08. The molecule has 0 aliphatic rings. The van der Waals surface area contributed by atoms with Crippen LogP contribution in [0.4, 0.5) is 4.39 Å². The highest BCUT2D eigenvalue weighted by Crippen LogP contribution is 2.28. The van der Waals surface area contributed by atoms with E-state index in [0.717, 1.165) is 21.8 Å². The summed E-state index contributed by atoms with van der Waals surface area (Å²) in [6, 6.07) is 15.8. The summed E-state index contributed by atoms with van der Waals surface area (Å²) < 4.78 is 14.7. The van der Waals surface area contributed by atoms with Crippen LogP contribution in [-0.4, -0.2) is 4.57 Å². The minimum absolute atomic E-state index is 0.478. The second-order valence-corrected chi connectivity index (χ2v) is 3.58. The van der Waals surface area contributed by atoms with Crippen LogP contribution in [0.2, 0.25) is 0 Å². The molecule has 0 N–H and O–H groups in total. The normalized spacial score (nSPS) is 11.3. The van der Waals surface area contributed by atoms with Crippen molar-refractivity contribution in [2.75, 3.05) is 0 Å². The van der Waals surface area contributed by atoms with Crippen molar-refractivity contribution in [3.8, 4) is 0 Å². The Kier molecular flexibility index (Phi) is 1.75. The largest absolute Gasteiger partial charge is 0.312 e. The van der Waals surface area contributed by atoms with Crippen LogP contribution in [-0.2, 0) is 6.80 Å². The van der Waals surface area contributed by atoms with E-state index in [2.05, 4.69) is 0 Å². The van der Waals surface area contributed by atoms with E-state index in [1.54, 1.807) is 4.57 Å². The van der Waals surface area contributed by atoms with Crippen molar-refractivity contribution < 1.29 is 4.39 Å². The molecule has 0 aliphatic heterocycles. The lowest BCUT2D eigenvalue weighted by molar-refractivity contribution is 0.393. The average molecular weight is 199 g/mol. The van der Waals surface area contributed by atoms with Crippen LogP contribution in [0.1, 0.15) is 0 Å². The first-order valence-corrected chi connectivity index (χ1v) is 4.94. The summed E-state index contributed by atoms with van der Waals surface area (Å²) in [5.74, 6) is 0. The Hall–Kier alpha value is -1.83. The zero-order valence-electron chi connectivity index (χ0n) is 8.15. The van der Waals surface area contributed by atoms with E-state index in [1.165, 1.54) is 0 Å². The molecule has 0 amide bonds. The molecule has 0 radical (unpaired) electrons. The van der Waals surface area contributed by atoms with Gasteiger partial charge in [-0.2, -0.15) is 0 Å². The van der Waals surface area contributed by atoms with E-state index in [4.69, 9.17) is 0 Å². The zero-order valence-corrected chi connectivity index (χ0v) is 8.15. The van der Waals surface area contributed by atoms with Crippen molar-refractivity contribution in [1.29, 1.82) is 0 Å². The SMILES string of the molecule is FCn1c2ccccc2c2ccccc21. The molecule has 74 valence electrons. The van der Waals surface area contributed by atoms with Crippen molar-refractivity contribution >= 4 is 21.8 Å². The number of nitrogens with zero attached hydrogens (tertiary/aromatic N) is 1. The number of hydrogen-bond acceptors (Lipinski definition) is 0. The molecule has 1 heterocycles. The smallest absolute Gasteiger partial charge is 0.166 e. The van der Waals surface area contributed by atoms with E-state index >= 15 is 0 Å². The van der Waals surface area contributed by atoms with Gasteiger partial charge in [-0.25, -0.2) is 4.39 Å². The minimum Gasteiger partial charge on any atom is -0.312 e. The summed E-state index contributed by atoms with van der Waals surface area (Å²) in [6.07, 6.45) is 0. The van der Waals surface area contributed by atoms with Gasteiger partial charge in [-0.15, -0.1) is 0 Å². The maximum atomic E-state index is 13.0. The Labute approximate surface area is 86.7 Å². The molecular formula is C13H10FN. The van der Waals surface area contributed by atoms with Crippen molar-refractivity contribution in [3.63, 3.8) is 0 Å². The van der Waals surface area contributed by atoms with Crippen LogP contribution in [0.15, 0.2) is 48.5 Å². The van der Waals surface area contributed by atoms with Crippen molar-refractivity contribution in [1.82, 2.24) is 4.57 Å². The Morgan fingerprint density at radius 3 is 1.73 bits per heavy atom. The molecule has 0 fully saturated rings. The first kappa shape index (κ1) is 8.48. The summed E-state index contributed by atoms with van der Waals surface area (Å²) in [6.45, 7) is -0.478. The quantitative estimate of drug-likeness (QED) is 0.563. The van der Waals surface area contributed by atoms with Gasteiger partial charge in [0.2, 0.25) is 0 Å². The second-order valence-electron chi connectivity index (χ2n) is 3.58. The lowest BCUT2D eigenvalue weighted by atomic mass is 10.2. The van der Waals surface area contributed by atoms with Crippen LogP contribution in [0.3, 0.4) is 0 Å².